The van der Waals surface area contributed by atoms with Crippen LogP contribution in [0.1, 0.15) is 56.8 Å². The molecule has 0 bridgehead atoms. The third-order valence-electron chi connectivity index (χ3n) is 7.69. The Morgan fingerprint density at radius 3 is 2.50 bits per heavy atom. The van der Waals surface area contributed by atoms with Crippen LogP contribution in [-0.2, 0) is 9.59 Å². The molecule has 8 nitrogen and oxygen atoms in total. The molecule has 4 aromatic rings. The molecule has 1 N–H and O–H groups in total. The molecule has 208 valence electrons. The maximum atomic E-state index is 13.9. The van der Waals surface area contributed by atoms with Gasteiger partial charge in [-0.2, -0.15) is 5.10 Å². The van der Waals surface area contributed by atoms with Crippen molar-refractivity contribution in [2.24, 2.45) is 5.92 Å². The molecule has 0 unspecified atom stereocenters. The topological polar surface area (TPSA) is 101 Å². The van der Waals surface area contributed by atoms with E-state index in [-0.39, 0.29) is 36.5 Å². The van der Waals surface area contributed by atoms with Gasteiger partial charge >= 0.3 is 0 Å². The highest BCUT2D eigenvalue weighted by atomic mass is 32.1. The molecule has 0 saturated carbocycles. The largest absolute Gasteiger partial charge is 0.391 e. The van der Waals surface area contributed by atoms with Gasteiger partial charge in [0, 0.05) is 49.1 Å². The Bertz CT molecular complexity index is 1460. The van der Waals surface area contributed by atoms with Gasteiger partial charge in [0.2, 0.25) is 5.91 Å². The van der Waals surface area contributed by atoms with Gasteiger partial charge in [-0.05, 0) is 36.0 Å². The summed E-state index contributed by atoms with van der Waals surface area (Å²) >= 11 is 1.61. The molecule has 0 aliphatic carbocycles. The van der Waals surface area contributed by atoms with Crippen LogP contribution >= 0.6 is 11.3 Å². The van der Waals surface area contributed by atoms with E-state index < -0.39 is 18.2 Å². The zero-order chi connectivity index (χ0) is 28.4. The van der Waals surface area contributed by atoms with Crippen molar-refractivity contribution in [3.8, 4) is 21.6 Å². The van der Waals surface area contributed by atoms with E-state index in [2.05, 4.69) is 39.3 Å². The van der Waals surface area contributed by atoms with Crippen molar-refractivity contribution in [3.63, 3.8) is 0 Å². The number of hydrogen-bond acceptors (Lipinski definition) is 7. The van der Waals surface area contributed by atoms with Crippen molar-refractivity contribution in [1.29, 1.82) is 0 Å². The molecule has 0 spiro atoms. The number of β-amino-alcohol motifs (C(OH)–C–C–N with tert-alkyl or cyclic N) is 1. The number of nitrogens with zero attached hydrogens (tertiary/aromatic N) is 5. The number of pyridine rings is 1. The van der Waals surface area contributed by atoms with Crippen molar-refractivity contribution in [3.05, 3.63) is 78.0 Å². The molecule has 1 aromatic carbocycles. The molecule has 1 aliphatic heterocycles. The number of hydrogen-bond donors (Lipinski definition) is 1. The number of aromatic nitrogens is 4. The van der Waals surface area contributed by atoms with Gasteiger partial charge in [0.25, 0.3) is 0 Å². The second kappa shape index (κ2) is 11.8. The summed E-state index contributed by atoms with van der Waals surface area (Å²) in [5.74, 6) is -0.309. The number of likely N-dealkylation sites (tertiary alicyclic amines) is 1. The molecule has 3 aromatic heterocycles. The summed E-state index contributed by atoms with van der Waals surface area (Å²) in [6.07, 6.45) is 6.86. The lowest BCUT2D eigenvalue weighted by Crippen LogP contribution is -2.45. The summed E-state index contributed by atoms with van der Waals surface area (Å²) in [5, 5.41) is 15.0. The number of amides is 1. The van der Waals surface area contributed by atoms with E-state index >= 15 is 0 Å². The van der Waals surface area contributed by atoms with Crippen LogP contribution in [0.2, 0.25) is 0 Å². The van der Waals surface area contributed by atoms with Crippen LogP contribution < -0.4 is 0 Å². The monoisotopic (exact) mass is 557 g/mol. The fraction of sp³-hybridized carbons (Fsp3) is 0.387. The predicted molar refractivity (Wildman–Crippen MR) is 156 cm³/mol. The van der Waals surface area contributed by atoms with Crippen molar-refractivity contribution < 1.29 is 14.7 Å². The third-order valence-corrected chi connectivity index (χ3v) is 8.67. The molecule has 1 saturated heterocycles. The SMILES string of the molecule is Cc1ncsc1-c1ccc([C@H](C)CC(=O)[C@@H]2C[C@@H](O)CN2C(=O)[C@H](C(C)C)n2cc(-c3cccnc3)cn2)cc1. The first-order valence-electron chi connectivity index (χ1n) is 13.7. The van der Waals surface area contributed by atoms with E-state index in [1.54, 1.807) is 39.5 Å². The van der Waals surface area contributed by atoms with E-state index in [1.165, 1.54) is 0 Å². The number of ketones is 1. The average Bonchev–Trinajstić information content (AvgIpc) is 3.69. The first-order chi connectivity index (χ1) is 19.2. The molecule has 4 heterocycles. The quantitative estimate of drug-likeness (QED) is 0.300. The highest BCUT2D eigenvalue weighted by Crippen LogP contribution is 2.32. The van der Waals surface area contributed by atoms with E-state index in [9.17, 15) is 14.7 Å². The number of benzene rings is 1. The van der Waals surface area contributed by atoms with Gasteiger partial charge in [-0.1, -0.05) is 51.1 Å². The van der Waals surface area contributed by atoms with E-state index in [1.807, 2.05) is 51.5 Å². The smallest absolute Gasteiger partial charge is 0.248 e. The molecule has 1 amide bonds. The molecular weight excluding hydrogens is 522 g/mol. The zero-order valence-corrected chi connectivity index (χ0v) is 24.1. The minimum Gasteiger partial charge on any atom is -0.391 e. The summed E-state index contributed by atoms with van der Waals surface area (Å²) in [5.41, 5.74) is 6.81. The van der Waals surface area contributed by atoms with Crippen LogP contribution in [0.15, 0.2) is 66.7 Å². The molecule has 5 rings (SSSR count). The van der Waals surface area contributed by atoms with Gasteiger partial charge in [-0.3, -0.25) is 19.3 Å². The second-order valence-electron chi connectivity index (χ2n) is 11.0. The Hall–Kier alpha value is -3.69. The lowest BCUT2D eigenvalue weighted by Gasteiger charge is -2.30. The van der Waals surface area contributed by atoms with Crippen molar-refractivity contribution in [2.45, 2.75) is 64.6 Å². The Morgan fingerprint density at radius 1 is 1.07 bits per heavy atom. The number of rotatable bonds is 9. The lowest BCUT2D eigenvalue weighted by atomic mass is 9.91. The Morgan fingerprint density at radius 2 is 1.85 bits per heavy atom. The van der Waals surface area contributed by atoms with E-state index in [4.69, 9.17) is 0 Å². The van der Waals surface area contributed by atoms with E-state index in [0.717, 1.165) is 32.8 Å². The second-order valence-corrected chi connectivity index (χ2v) is 11.9. The minimum atomic E-state index is -0.730. The van der Waals surface area contributed by atoms with Gasteiger partial charge in [-0.25, -0.2) is 4.98 Å². The molecule has 1 aliphatic rings. The van der Waals surface area contributed by atoms with Crippen LogP contribution in [-0.4, -0.2) is 60.1 Å². The number of aliphatic hydroxyl groups is 1. The fourth-order valence-corrected chi connectivity index (χ4v) is 6.32. The summed E-state index contributed by atoms with van der Waals surface area (Å²) in [7, 11) is 0. The van der Waals surface area contributed by atoms with Gasteiger partial charge in [0.05, 0.1) is 34.4 Å². The van der Waals surface area contributed by atoms with Crippen LogP contribution in [0.25, 0.3) is 21.6 Å². The number of carbonyl (C=O) groups excluding carboxylic acids is 2. The molecule has 9 heteroatoms. The van der Waals surface area contributed by atoms with Crippen LogP contribution in [0.4, 0.5) is 0 Å². The maximum absolute atomic E-state index is 13.9. The van der Waals surface area contributed by atoms with Crippen LogP contribution in [0.3, 0.4) is 0 Å². The number of aryl methyl sites for hydroxylation is 1. The Balaban J connectivity index is 1.30. The molecule has 40 heavy (non-hydrogen) atoms. The Kier molecular flexibility index (Phi) is 8.23. The number of aliphatic hydroxyl groups excluding tert-OH is 1. The fourth-order valence-electron chi connectivity index (χ4n) is 5.51. The molecule has 0 radical (unpaired) electrons. The first-order valence-corrected chi connectivity index (χ1v) is 14.6. The van der Waals surface area contributed by atoms with Crippen molar-refractivity contribution in [2.75, 3.05) is 6.54 Å². The highest BCUT2D eigenvalue weighted by molar-refractivity contribution is 7.13. The number of carbonyl (C=O) groups is 2. The third kappa shape index (κ3) is 5.76. The maximum Gasteiger partial charge on any atom is 0.248 e. The first kappa shape index (κ1) is 27.9. The normalized spacial score (nSPS) is 18.7. The number of Topliss-reactive ketones (excluding diaryl/α,β-unsaturated/α-hetero) is 1. The molecular formula is C31H35N5O3S. The predicted octanol–water partition coefficient (Wildman–Crippen LogP) is 5.30. The standard InChI is InChI=1S/C31H35N5O3S/c1-19(2)29(36-16-25(15-34-36)24-6-5-11-32-14-24)31(39)35-17-26(37)13-27(35)28(38)12-20(3)22-7-9-23(10-8-22)30-21(4)33-18-40-30/h5-11,14-16,18-20,26-27,29,37H,12-13,17H2,1-4H3/t20-,26-,27+,29+/m1/s1. The summed E-state index contributed by atoms with van der Waals surface area (Å²) in [4.78, 5) is 38.7. The van der Waals surface area contributed by atoms with E-state index in [0.29, 0.717) is 6.42 Å². The molecule has 1 fully saturated rings. The minimum absolute atomic E-state index is 0.0205. The van der Waals surface area contributed by atoms with Crippen LogP contribution in [0, 0.1) is 12.8 Å². The molecule has 4 atom stereocenters. The lowest BCUT2D eigenvalue weighted by molar-refractivity contribution is -0.142. The van der Waals surface area contributed by atoms with Gasteiger partial charge in [0.15, 0.2) is 5.78 Å². The summed E-state index contributed by atoms with van der Waals surface area (Å²) in [6, 6.07) is 10.8. The zero-order valence-electron chi connectivity index (χ0n) is 23.3. The van der Waals surface area contributed by atoms with Gasteiger partial charge < -0.3 is 10.0 Å². The highest BCUT2D eigenvalue weighted by Gasteiger charge is 2.42. The summed E-state index contributed by atoms with van der Waals surface area (Å²) in [6.45, 7) is 8.11. The van der Waals surface area contributed by atoms with Gasteiger partial charge in [0.1, 0.15) is 6.04 Å². The van der Waals surface area contributed by atoms with Gasteiger partial charge in [-0.15, -0.1) is 11.3 Å². The van der Waals surface area contributed by atoms with Crippen LogP contribution in [0.5, 0.6) is 0 Å². The number of thiazole rings is 1. The van der Waals surface area contributed by atoms with Crippen molar-refractivity contribution >= 4 is 23.0 Å². The average molecular weight is 558 g/mol. The Labute approximate surface area is 238 Å². The summed E-state index contributed by atoms with van der Waals surface area (Å²) < 4.78 is 1.68. The van der Waals surface area contributed by atoms with Crippen molar-refractivity contribution in [1.82, 2.24) is 24.6 Å².